The Kier molecular flexibility index (Phi) is 1.57. The number of hydrogen-bond acceptors (Lipinski definition) is 3. The minimum absolute atomic E-state index is 0.951. The minimum atomic E-state index is 0.951. The predicted octanol–water partition coefficient (Wildman–Crippen LogP) is 2.30. The summed E-state index contributed by atoms with van der Waals surface area (Å²) in [5.74, 6) is 0. The molecule has 2 aromatic rings. The number of thiophene rings is 1. The van der Waals surface area contributed by atoms with Crippen LogP contribution in [0.15, 0.2) is 17.5 Å². The lowest BCUT2D eigenvalue weighted by Crippen LogP contribution is -1.82. The van der Waals surface area contributed by atoms with Crippen LogP contribution in [0.3, 0.4) is 0 Å². The Morgan fingerprint density at radius 3 is 3.20 bits per heavy atom. The van der Waals surface area contributed by atoms with E-state index in [9.17, 15) is 0 Å². The molecule has 10 heavy (non-hydrogen) atoms. The highest BCUT2D eigenvalue weighted by Gasteiger charge is 1.95. The zero-order valence-corrected chi connectivity index (χ0v) is 7.89. The second-order valence-corrected chi connectivity index (χ2v) is 3.89. The highest BCUT2D eigenvalue weighted by molar-refractivity contribution is 14.1. The summed E-state index contributed by atoms with van der Waals surface area (Å²) in [5.41, 5.74) is 0.991. The van der Waals surface area contributed by atoms with Crippen LogP contribution in [0.1, 0.15) is 0 Å². The number of hydrogen-bond donors (Lipinski definition) is 0. The molecule has 2 aromatic heterocycles. The maximum atomic E-state index is 3.99. The molecule has 2 rings (SSSR count). The quantitative estimate of drug-likeness (QED) is 0.681. The fourth-order valence-electron chi connectivity index (χ4n) is 0.744. The van der Waals surface area contributed by atoms with E-state index in [-0.39, 0.29) is 0 Å². The Morgan fingerprint density at radius 2 is 2.30 bits per heavy atom. The summed E-state index contributed by atoms with van der Waals surface area (Å²) in [6.07, 6.45) is 0. The lowest BCUT2D eigenvalue weighted by atomic mass is 10.5. The van der Waals surface area contributed by atoms with Gasteiger partial charge in [0.15, 0.2) is 0 Å². The first-order chi connectivity index (χ1) is 4.86. The lowest BCUT2D eigenvalue weighted by Gasteiger charge is -1.86. The van der Waals surface area contributed by atoms with Crippen molar-refractivity contribution in [1.29, 1.82) is 0 Å². The van der Waals surface area contributed by atoms with Gasteiger partial charge in [0.2, 0.25) is 0 Å². The van der Waals surface area contributed by atoms with E-state index in [0.29, 0.717) is 0 Å². The van der Waals surface area contributed by atoms with Crippen molar-refractivity contribution in [3.63, 3.8) is 0 Å². The molecule has 0 saturated heterocycles. The van der Waals surface area contributed by atoms with E-state index in [4.69, 9.17) is 0 Å². The van der Waals surface area contributed by atoms with Crippen molar-refractivity contribution in [2.75, 3.05) is 0 Å². The molecule has 0 amide bonds. The van der Waals surface area contributed by atoms with Crippen LogP contribution in [0, 0.1) is 3.70 Å². The Bertz CT molecular complexity index is 357. The van der Waals surface area contributed by atoms with Crippen LogP contribution in [-0.4, -0.2) is 10.2 Å². The standard InChI is InChI=1S/C6H3IN2S/c7-6-3-5-4(8-9-6)1-2-10-5/h1-3H. The molecular formula is C6H3IN2S. The van der Waals surface area contributed by atoms with Gasteiger partial charge in [0.25, 0.3) is 0 Å². The SMILES string of the molecule is Ic1cc2sccc2nn1. The average Bonchev–Trinajstić information content (AvgIpc) is 2.33. The first-order valence-corrected chi connectivity index (χ1v) is 4.68. The Hall–Kier alpha value is -0.230. The number of halogens is 1. The molecule has 0 bridgehead atoms. The number of fused-ring (bicyclic) bond motifs is 1. The normalized spacial score (nSPS) is 10.5. The van der Waals surface area contributed by atoms with Gasteiger partial charge in [-0.15, -0.1) is 21.5 Å². The van der Waals surface area contributed by atoms with Crippen LogP contribution in [0.2, 0.25) is 0 Å². The summed E-state index contributed by atoms with van der Waals surface area (Å²) >= 11 is 3.85. The van der Waals surface area contributed by atoms with Crippen LogP contribution < -0.4 is 0 Å². The Labute approximate surface area is 75.4 Å². The van der Waals surface area contributed by atoms with Crippen molar-refractivity contribution in [3.8, 4) is 0 Å². The van der Waals surface area contributed by atoms with E-state index in [1.165, 1.54) is 4.70 Å². The fraction of sp³-hybridized carbons (Fsp3) is 0. The molecule has 0 aliphatic carbocycles. The highest BCUT2D eigenvalue weighted by Crippen LogP contribution is 2.18. The highest BCUT2D eigenvalue weighted by atomic mass is 127. The van der Waals surface area contributed by atoms with Gasteiger partial charge < -0.3 is 0 Å². The topological polar surface area (TPSA) is 25.8 Å². The van der Waals surface area contributed by atoms with Gasteiger partial charge in [-0.3, -0.25) is 0 Å². The molecule has 0 aliphatic heterocycles. The van der Waals surface area contributed by atoms with Gasteiger partial charge in [0.05, 0.1) is 4.70 Å². The van der Waals surface area contributed by atoms with E-state index >= 15 is 0 Å². The molecule has 4 heteroatoms. The molecule has 0 saturated carbocycles. The van der Waals surface area contributed by atoms with Crippen molar-refractivity contribution in [2.45, 2.75) is 0 Å². The summed E-state index contributed by atoms with van der Waals surface area (Å²) in [7, 11) is 0. The summed E-state index contributed by atoms with van der Waals surface area (Å²) in [4.78, 5) is 0. The van der Waals surface area contributed by atoms with Crippen molar-refractivity contribution in [1.82, 2.24) is 10.2 Å². The summed E-state index contributed by atoms with van der Waals surface area (Å²) in [5, 5.41) is 9.94. The van der Waals surface area contributed by atoms with Crippen molar-refractivity contribution in [3.05, 3.63) is 21.2 Å². The van der Waals surface area contributed by atoms with Gasteiger partial charge in [0.1, 0.15) is 9.22 Å². The molecular weight excluding hydrogens is 259 g/mol. The predicted molar refractivity (Wildman–Crippen MR) is 50.1 cm³/mol. The molecule has 0 atom stereocenters. The second-order valence-electron chi connectivity index (χ2n) is 1.84. The van der Waals surface area contributed by atoms with Gasteiger partial charge >= 0.3 is 0 Å². The molecule has 2 nitrogen and oxygen atoms in total. The molecule has 0 radical (unpaired) electrons. The fourth-order valence-corrected chi connectivity index (χ4v) is 2.13. The van der Waals surface area contributed by atoms with Gasteiger partial charge in [0, 0.05) is 0 Å². The molecule has 0 N–H and O–H groups in total. The summed E-state index contributed by atoms with van der Waals surface area (Å²) in [6, 6.07) is 4.01. The largest absolute Gasteiger partial charge is 0.149 e. The Morgan fingerprint density at radius 1 is 1.40 bits per heavy atom. The van der Waals surface area contributed by atoms with Crippen LogP contribution in [0.4, 0.5) is 0 Å². The monoisotopic (exact) mass is 262 g/mol. The summed E-state index contributed by atoms with van der Waals surface area (Å²) in [6.45, 7) is 0. The number of rotatable bonds is 0. The van der Waals surface area contributed by atoms with Crippen molar-refractivity contribution >= 4 is 44.1 Å². The average molecular weight is 262 g/mol. The molecule has 0 spiro atoms. The van der Waals surface area contributed by atoms with Gasteiger partial charge in [-0.2, -0.15) is 0 Å². The first kappa shape index (κ1) is 6.48. The van der Waals surface area contributed by atoms with Crippen LogP contribution in [0.5, 0.6) is 0 Å². The Balaban J connectivity index is 2.86. The van der Waals surface area contributed by atoms with Crippen LogP contribution in [-0.2, 0) is 0 Å². The third kappa shape index (κ3) is 1.01. The zero-order chi connectivity index (χ0) is 6.97. The molecule has 0 aromatic carbocycles. The number of aromatic nitrogens is 2. The van der Waals surface area contributed by atoms with Crippen LogP contribution in [0.25, 0.3) is 10.2 Å². The summed E-state index contributed by atoms with van der Waals surface area (Å²) < 4.78 is 2.16. The van der Waals surface area contributed by atoms with Crippen molar-refractivity contribution < 1.29 is 0 Å². The maximum Gasteiger partial charge on any atom is 0.125 e. The third-order valence-electron chi connectivity index (χ3n) is 1.18. The van der Waals surface area contributed by atoms with E-state index in [2.05, 4.69) is 32.8 Å². The van der Waals surface area contributed by atoms with E-state index in [1.54, 1.807) is 11.3 Å². The van der Waals surface area contributed by atoms with E-state index < -0.39 is 0 Å². The van der Waals surface area contributed by atoms with Crippen LogP contribution >= 0.6 is 33.9 Å². The smallest absolute Gasteiger partial charge is 0.125 e. The molecule has 0 aliphatic rings. The minimum Gasteiger partial charge on any atom is -0.149 e. The van der Waals surface area contributed by atoms with E-state index in [1.807, 2.05) is 17.5 Å². The maximum absolute atomic E-state index is 3.99. The van der Waals surface area contributed by atoms with E-state index in [0.717, 1.165) is 9.22 Å². The third-order valence-corrected chi connectivity index (χ3v) is 2.56. The lowest BCUT2D eigenvalue weighted by molar-refractivity contribution is 1.05. The first-order valence-electron chi connectivity index (χ1n) is 2.73. The molecule has 2 heterocycles. The zero-order valence-electron chi connectivity index (χ0n) is 4.91. The molecule has 50 valence electrons. The van der Waals surface area contributed by atoms with Gasteiger partial charge in [-0.1, -0.05) is 0 Å². The molecule has 0 fully saturated rings. The van der Waals surface area contributed by atoms with Gasteiger partial charge in [-0.05, 0) is 40.1 Å². The van der Waals surface area contributed by atoms with Crippen molar-refractivity contribution in [2.24, 2.45) is 0 Å². The number of nitrogens with zero attached hydrogens (tertiary/aromatic N) is 2. The molecule has 0 unspecified atom stereocenters. The van der Waals surface area contributed by atoms with Gasteiger partial charge in [-0.25, -0.2) is 0 Å². The second kappa shape index (κ2) is 2.43.